The highest BCUT2D eigenvalue weighted by Gasteiger charge is 2.42. The van der Waals surface area contributed by atoms with E-state index in [1.54, 1.807) is 12.4 Å². The quantitative estimate of drug-likeness (QED) is 0.805. The Morgan fingerprint density at radius 2 is 2.32 bits per heavy atom. The zero-order valence-corrected chi connectivity index (χ0v) is 12.3. The monoisotopic (exact) mass is 279 g/mol. The van der Waals surface area contributed by atoms with Crippen molar-refractivity contribution in [3.05, 3.63) is 24.0 Å². The second-order valence-corrected chi connectivity index (χ2v) is 6.19. The molecule has 19 heavy (non-hydrogen) atoms. The molecule has 4 nitrogen and oxygen atoms in total. The van der Waals surface area contributed by atoms with Crippen LogP contribution in [0.3, 0.4) is 0 Å². The molecule has 1 aliphatic rings. The van der Waals surface area contributed by atoms with E-state index in [-0.39, 0.29) is 10.7 Å². The molecule has 1 amide bonds. The van der Waals surface area contributed by atoms with Crippen molar-refractivity contribution in [2.24, 2.45) is 0 Å². The normalized spacial score (nSPS) is 15.9. The number of thioether (sulfide) groups is 1. The second kappa shape index (κ2) is 6.28. The van der Waals surface area contributed by atoms with Gasteiger partial charge in [-0.1, -0.05) is 6.92 Å². The molecule has 104 valence electrons. The lowest BCUT2D eigenvalue weighted by molar-refractivity contribution is 0.0953. The van der Waals surface area contributed by atoms with Crippen LogP contribution >= 0.6 is 11.8 Å². The molecule has 0 bridgehead atoms. The molecule has 2 N–H and O–H groups in total. The maximum atomic E-state index is 12.2. The first-order valence-electron chi connectivity index (χ1n) is 6.72. The van der Waals surface area contributed by atoms with E-state index < -0.39 is 0 Å². The highest BCUT2D eigenvalue weighted by atomic mass is 32.2. The van der Waals surface area contributed by atoms with Crippen LogP contribution in [0, 0.1) is 0 Å². The average Bonchev–Trinajstić information content (AvgIpc) is 3.23. The summed E-state index contributed by atoms with van der Waals surface area (Å²) in [6.45, 7) is 3.71. The molecule has 0 saturated heterocycles. The minimum absolute atomic E-state index is 0.0352. The molecule has 1 aromatic heterocycles. The van der Waals surface area contributed by atoms with Gasteiger partial charge in [-0.25, -0.2) is 0 Å². The van der Waals surface area contributed by atoms with Crippen LogP contribution in [0.5, 0.6) is 0 Å². The first-order chi connectivity index (χ1) is 9.21. The maximum absolute atomic E-state index is 12.2. The van der Waals surface area contributed by atoms with E-state index in [1.165, 1.54) is 12.8 Å². The number of amides is 1. The van der Waals surface area contributed by atoms with Gasteiger partial charge >= 0.3 is 0 Å². The lowest BCUT2D eigenvalue weighted by atomic mass is 10.2. The van der Waals surface area contributed by atoms with Crippen molar-refractivity contribution in [3.63, 3.8) is 0 Å². The van der Waals surface area contributed by atoms with Crippen molar-refractivity contribution in [2.75, 3.05) is 24.7 Å². The summed E-state index contributed by atoms with van der Waals surface area (Å²) < 4.78 is 0.287. The summed E-state index contributed by atoms with van der Waals surface area (Å²) in [5.74, 6) is -0.0352. The number of carbonyl (C=O) groups is 1. The van der Waals surface area contributed by atoms with Crippen molar-refractivity contribution in [3.8, 4) is 0 Å². The number of pyridine rings is 1. The van der Waals surface area contributed by atoms with Crippen LogP contribution in [0.4, 0.5) is 5.69 Å². The van der Waals surface area contributed by atoms with Gasteiger partial charge in [0.25, 0.3) is 5.91 Å². The predicted molar refractivity (Wildman–Crippen MR) is 80.8 cm³/mol. The fourth-order valence-corrected chi connectivity index (χ4v) is 2.65. The summed E-state index contributed by atoms with van der Waals surface area (Å²) in [4.78, 5) is 16.3. The highest BCUT2D eigenvalue weighted by molar-refractivity contribution is 8.00. The Morgan fingerprint density at radius 1 is 1.53 bits per heavy atom. The number of nitrogens with zero attached hydrogens (tertiary/aromatic N) is 1. The Morgan fingerprint density at radius 3 is 2.95 bits per heavy atom. The fraction of sp³-hybridized carbons (Fsp3) is 0.571. The minimum atomic E-state index is -0.0352. The lowest BCUT2D eigenvalue weighted by Gasteiger charge is -2.15. The Kier molecular flexibility index (Phi) is 4.69. The van der Waals surface area contributed by atoms with Gasteiger partial charge in [0.05, 0.1) is 11.3 Å². The summed E-state index contributed by atoms with van der Waals surface area (Å²) in [6, 6.07) is 1.85. The molecule has 5 heteroatoms. The molecule has 1 saturated carbocycles. The van der Waals surface area contributed by atoms with E-state index in [1.807, 2.05) is 17.8 Å². The number of hydrogen-bond donors (Lipinski definition) is 2. The summed E-state index contributed by atoms with van der Waals surface area (Å²) >= 11 is 1.85. The molecule has 1 aromatic rings. The molecule has 0 atom stereocenters. The first kappa shape index (κ1) is 14.2. The molecule has 0 radical (unpaired) electrons. The molecule has 0 aliphatic heterocycles. The summed E-state index contributed by atoms with van der Waals surface area (Å²) in [6.07, 6.45) is 8.87. The van der Waals surface area contributed by atoms with Gasteiger partial charge < -0.3 is 10.6 Å². The number of aromatic nitrogens is 1. The fourth-order valence-electron chi connectivity index (χ4n) is 1.92. The molecular formula is C14H21N3OS. The van der Waals surface area contributed by atoms with E-state index in [2.05, 4.69) is 28.8 Å². The van der Waals surface area contributed by atoms with Gasteiger partial charge in [0, 0.05) is 30.2 Å². The van der Waals surface area contributed by atoms with Crippen molar-refractivity contribution in [1.29, 1.82) is 0 Å². The smallest absolute Gasteiger partial charge is 0.255 e. The molecule has 1 aliphatic carbocycles. The Balaban J connectivity index is 1.98. The van der Waals surface area contributed by atoms with Gasteiger partial charge in [-0.2, -0.15) is 11.8 Å². The maximum Gasteiger partial charge on any atom is 0.255 e. The summed E-state index contributed by atoms with van der Waals surface area (Å²) in [5, 5.41) is 6.29. The molecule has 0 aromatic carbocycles. The lowest BCUT2D eigenvalue weighted by Crippen LogP contribution is -2.32. The number of carbonyl (C=O) groups excluding carboxylic acids is 1. The molecular weight excluding hydrogens is 258 g/mol. The SMILES string of the molecule is CCCNc1ccncc1C(=O)NCC1(SC)CC1. The van der Waals surface area contributed by atoms with Crippen LogP contribution < -0.4 is 10.6 Å². The second-order valence-electron chi connectivity index (χ2n) is 4.92. The number of nitrogens with one attached hydrogen (secondary N) is 2. The third-order valence-corrected chi connectivity index (χ3v) is 4.86. The van der Waals surface area contributed by atoms with Crippen molar-refractivity contribution in [1.82, 2.24) is 10.3 Å². The largest absolute Gasteiger partial charge is 0.384 e. The van der Waals surface area contributed by atoms with E-state index in [0.717, 1.165) is 25.2 Å². The zero-order valence-electron chi connectivity index (χ0n) is 11.5. The number of rotatable bonds is 7. The third kappa shape index (κ3) is 3.62. The average molecular weight is 279 g/mol. The Bertz CT molecular complexity index is 446. The van der Waals surface area contributed by atoms with Gasteiger partial charge in [0.2, 0.25) is 0 Å². The van der Waals surface area contributed by atoms with Gasteiger partial charge in [0.1, 0.15) is 0 Å². The standard InChI is InChI=1S/C14H21N3OS/c1-3-7-16-12-4-8-15-9-11(12)13(18)17-10-14(19-2)5-6-14/h4,8-9H,3,5-7,10H2,1-2H3,(H,15,16)(H,17,18). The summed E-state index contributed by atoms with van der Waals surface area (Å²) in [7, 11) is 0. The number of anilines is 1. The molecule has 1 fully saturated rings. The van der Waals surface area contributed by atoms with Gasteiger partial charge in [-0.3, -0.25) is 9.78 Å². The van der Waals surface area contributed by atoms with E-state index in [9.17, 15) is 4.79 Å². The molecule has 0 spiro atoms. The van der Waals surface area contributed by atoms with Crippen LogP contribution in [-0.4, -0.2) is 35.0 Å². The van der Waals surface area contributed by atoms with Crippen molar-refractivity contribution >= 4 is 23.4 Å². The number of hydrogen-bond acceptors (Lipinski definition) is 4. The third-order valence-electron chi connectivity index (χ3n) is 3.44. The van der Waals surface area contributed by atoms with Crippen molar-refractivity contribution in [2.45, 2.75) is 30.9 Å². The van der Waals surface area contributed by atoms with Crippen LogP contribution in [0.2, 0.25) is 0 Å². The Labute approximate surface area is 118 Å². The van der Waals surface area contributed by atoms with E-state index in [0.29, 0.717) is 5.56 Å². The van der Waals surface area contributed by atoms with Gasteiger partial charge in [0.15, 0.2) is 0 Å². The van der Waals surface area contributed by atoms with E-state index in [4.69, 9.17) is 0 Å². The highest BCUT2D eigenvalue weighted by Crippen LogP contribution is 2.46. The van der Waals surface area contributed by atoms with Crippen molar-refractivity contribution < 1.29 is 4.79 Å². The van der Waals surface area contributed by atoms with Crippen LogP contribution in [0.15, 0.2) is 18.5 Å². The topological polar surface area (TPSA) is 54.0 Å². The molecule has 1 heterocycles. The molecule has 2 rings (SSSR count). The van der Waals surface area contributed by atoms with Gasteiger partial charge in [-0.05, 0) is 31.6 Å². The van der Waals surface area contributed by atoms with Crippen LogP contribution in [0.25, 0.3) is 0 Å². The van der Waals surface area contributed by atoms with Gasteiger partial charge in [-0.15, -0.1) is 0 Å². The Hall–Kier alpha value is -1.23. The zero-order chi connectivity index (χ0) is 13.7. The predicted octanol–water partition coefficient (Wildman–Crippen LogP) is 2.53. The minimum Gasteiger partial charge on any atom is -0.384 e. The van der Waals surface area contributed by atoms with Crippen LogP contribution in [-0.2, 0) is 0 Å². The first-order valence-corrected chi connectivity index (χ1v) is 7.94. The van der Waals surface area contributed by atoms with Crippen LogP contribution in [0.1, 0.15) is 36.5 Å². The van der Waals surface area contributed by atoms with E-state index >= 15 is 0 Å². The summed E-state index contributed by atoms with van der Waals surface area (Å²) in [5.41, 5.74) is 1.50. The molecule has 0 unspecified atom stereocenters.